The highest BCUT2D eigenvalue weighted by Crippen LogP contribution is 2.14. The minimum atomic E-state index is -3.07. The SMILES string of the molecule is O=C1CCOCC1C(=O)C(F)F. The van der Waals surface area contributed by atoms with E-state index in [0.29, 0.717) is 0 Å². The third-order valence-electron chi connectivity index (χ3n) is 1.72. The zero-order chi connectivity index (χ0) is 9.14. The van der Waals surface area contributed by atoms with E-state index in [-0.39, 0.29) is 19.6 Å². The Kier molecular flexibility index (Phi) is 2.86. The van der Waals surface area contributed by atoms with Gasteiger partial charge in [-0.3, -0.25) is 9.59 Å². The average molecular weight is 178 g/mol. The van der Waals surface area contributed by atoms with E-state index < -0.39 is 23.9 Å². The number of hydrogen-bond acceptors (Lipinski definition) is 3. The van der Waals surface area contributed by atoms with Crippen LogP contribution in [0.25, 0.3) is 0 Å². The van der Waals surface area contributed by atoms with Gasteiger partial charge < -0.3 is 4.74 Å². The van der Waals surface area contributed by atoms with Crippen LogP contribution in [0.15, 0.2) is 0 Å². The molecule has 1 fully saturated rings. The molecule has 0 bridgehead atoms. The van der Waals surface area contributed by atoms with E-state index in [1.165, 1.54) is 0 Å². The second-order valence-electron chi connectivity index (χ2n) is 2.55. The second-order valence-corrected chi connectivity index (χ2v) is 2.55. The summed E-state index contributed by atoms with van der Waals surface area (Å²) in [5.74, 6) is -3.00. The fraction of sp³-hybridized carbons (Fsp3) is 0.714. The summed E-state index contributed by atoms with van der Waals surface area (Å²) in [6, 6.07) is 0. The van der Waals surface area contributed by atoms with Crippen molar-refractivity contribution in [1.82, 2.24) is 0 Å². The molecule has 1 heterocycles. The molecule has 1 aliphatic heterocycles. The van der Waals surface area contributed by atoms with E-state index in [9.17, 15) is 18.4 Å². The zero-order valence-electron chi connectivity index (χ0n) is 6.26. The molecular formula is C7H8F2O3. The number of hydrogen-bond donors (Lipinski definition) is 0. The average Bonchev–Trinajstić information content (AvgIpc) is 2.04. The predicted molar refractivity (Wildman–Crippen MR) is 34.9 cm³/mol. The molecule has 3 nitrogen and oxygen atoms in total. The fourth-order valence-corrected chi connectivity index (χ4v) is 1.03. The zero-order valence-corrected chi connectivity index (χ0v) is 6.26. The summed E-state index contributed by atoms with van der Waals surface area (Å²) in [5.41, 5.74) is 0. The lowest BCUT2D eigenvalue weighted by Crippen LogP contribution is -2.36. The number of ketones is 2. The summed E-state index contributed by atoms with van der Waals surface area (Å²) in [6.07, 6.45) is -3.01. The summed E-state index contributed by atoms with van der Waals surface area (Å²) in [5, 5.41) is 0. The molecule has 1 atom stereocenters. The van der Waals surface area contributed by atoms with Gasteiger partial charge in [-0.15, -0.1) is 0 Å². The maximum absolute atomic E-state index is 11.8. The molecule has 12 heavy (non-hydrogen) atoms. The Morgan fingerprint density at radius 2 is 2.25 bits per heavy atom. The smallest absolute Gasteiger partial charge is 0.296 e. The van der Waals surface area contributed by atoms with Crippen LogP contribution in [0.1, 0.15) is 6.42 Å². The summed E-state index contributed by atoms with van der Waals surface area (Å²) in [6.45, 7) is 0.0356. The first-order chi connectivity index (χ1) is 5.63. The highest BCUT2D eigenvalue weighted by atomic mass is 19.3. The topological polar surface area (TPSA) is 43.4 Å². The Morgan fingerprint density at radius 3 is 2.75 bits per heavy atom. The summed E-state index contributed by atoms with van der Waals surface area (Å²) in [7, 11) is 0. The Labute approximate surface area is 67.7 Å². The fourth-order valence-electron chi connectivity index (χ4n) is 1.03. The van der Waals surface area contributed by atoms with Crippen molar-refractivity contribution >= 4 is 11.6 Å². The van der Waals surface area contributed by atoms with Crippen LogP contribution in [0.4, 0.5) is 8.78 Å². The van der Waals surface area contributed by atoms with Crippen LogP contribution < -0.4 is 0 Å². The molecule has 1 aliphatic rings. The molecule has 0 N–H and O–H groups in total. The van der Waals surface area contributed by atoms with Gasteiger partial charge in [0.15, 0.2) is 0 Å². The summed E-state index contributed by atoms with van der Waals surface area (Å²) in [4.78, 5) is 21.6. The van der Waals surface area contributed by atoms with Gasteiger partial charge in [0, 0.05) is 6.42 Å². The molecule has 0 spiro atoms. The minimum absolute atomic E-state index is 0.0587. The molecule has 1 rings (SSSR count). The standard InChI is InChI=1S/C7H8F2O3/c8-7(9)6(11)4-3-12-2-1-5(4)10/h4,7H,1-3H2. The molecule has 1 unspecified atom stereocenters. The molecular weight excluding hydrogens is 170 g/mol. The van der Waals surface area contributed by atoms with Gasteiger partial charge in [0.1, 0.15) is 11.7 Å². The monoisotopic (exact) mass is 178 g/mol. The molecule has 0 amide bonds. The highest BCUT2D eigenvalue weighted by molar-refractivity contribution is 6.04. The highest BCUT2D eigenvalue weighted by Gasteiger charge is 2.34. The van der Waals surface area contributed by atoms with Crippen LogP contribution in [0, 0.1) is 5.92 Å². The van der Waals surface area contributed by atoms with Crippen LogP contribution in [0.3, 0.4) is 0 Å². The van der Waals surface area contributed by atoms with Crippen LogP contribution in [-0.4, -0.2) is 31.2 Å². The van der Waals surface area contributed by atoms with E-state index in [0.717, 1.165) is 0 Å². The number of ether oxygens (including phenoxy) is 1. The van der Waals surface area contributed by atoms with Crippen molar-refractivity contribution < 1.29 is 23.1 Å². The summed E-state index contributed by atoms with van der Waals surface area (Å²) >= 11 is 0. The lowest BCUT2D eigenvalue weighted by atomic mass is 9.96. The van der Waals surface area contributed by atoms with Crippen LogP contribution in [0.2, 0.25) is 0 Å². The van der Waals surface area contributed by atoms with Gasteiger partial charge in [0.25, 0.3) is 6.43 Å². The first kappa shape index (κ1) is 9.25. The lowest BCUT2D eigenvalue weighted by molar-refractivity contribution is -0.146. The number of carbonyl (C=O) groups is 2. The Hall–Kier alpha value is -0.840. The number of carbonyl (C=O) groups excluding carboxylic acids is 2. The first-order valence-electron chi connectivity index (χ1n) is 3.55. The minimum Gasteiger partial charge on any atom is -0.380 e. The van der Waals surface area contributed by atoms with Crippen molar-refractivity contribution in [3.63, 3.8) is 0 Å². The third kappa shape index (κ3) is 1.85. The molecule has 1 saturated heterocycles. The van der Waals surface area contributed by atoms with Crippen molar-refractivity contribution in [2.75, 3.05) is 13.2 Å². The maximum Gasteiger partial charge on any atom is 0.296 e. The summed E-state index contributed by atoms with van der Waals surface area (Å²) < 4.78 is 28.4. The van der Waals surface area contributed by atoms with Crippen molar-refractivity contribution in [2.24, 2.45) is 5.92 Å². The molecule has 68 valence electrons. The van der Waals surface area contributed by atoms with Gasteiger partial charge in [-0.1, -0.05) is 0 Å². The van der Waals surface area contributed by atoms with Gasteiger partial charge in [-0.25, -0.2) is 8.78 Å². The van der Waals surface area contributed by atoms with Crippen molar-refractivity contribution in [1.29, 1.82) is 0 Å². The van der Waals surface area contributed by atoms with Gasteiger partial charge in [0.05, 0.1) is 13.2 Å². The van der Waals surface area contributed by atoms with Gasteiger partial charge in [-0.2, -0.15) is 0 Å². The van der Waals surface area contributed by atoms with Crippen molar-refractivity contribution in [3.05, 3.63) is 0 Å². The molecule has 0 aromatic carbocycles. The molecule has 5 heteroatoms. The molecule has 0 saturated carbocycles. The Bertz CT molecular complexity index is 203. The second kappa shape index (κ2) is 3.71. The first-order valence-corrected chi connectivity index (χ1v) is 3.55. The number of Topliss-reactive ketones (excluding diaryl/α,β-unsaturated/α-hetero) is 2. The van der Waals surface area contributed by atoms with Gasteiger partial charge >= 0.3 is 0 Å². The van der Waals surface area contributed by atoms with Crippen molar-refractivity contribution in [3.8, 4) is 0 Å². The van der Waals surface area contributed by atoms with E-state index in [1.807, 2.05) is 0 Å². The molecule has 0 aromatic heterocycles. The van der Waals surface area contributed by atoms with E-state index >= 15 is 0 Å². The van der Waals surface area contributed by atoms with E-state index in [1.54, 1.807) is 0 Å². The van der Waals surface area contributed by atoms with Gasteiger partial charge in [0.2, 0.25) is 5.78 Å². The van der Waals surface area contributed by atoms with Gasteiger partial charge in [-0.05, 0) is 0 Å². The molecule has 0 aromatic rings. The van der Waals surface area contributed by atoms with Crippen LogP contribution in [-0.2, 0) is 14.3 Å². The lowest BCUT2D eigenvalue weighted by Gasteiger charge is -2.18. The quantitative estimate of drug-likeness (QED) is 0.576. The Morgan fingerprint density at radius 1 is 1.58 bits per heavy atom. The van der Waals surface area contributed by atoms with Crippen LogP contribution >= 0.6 is 0 Å². The van der Waals surface area contributed by atoms with Crippen molar-refractivity contribution in [2.45, 2.75) is 12.8 Å². The molecule has 0 aliphatic carbocycles. The predicted octanol–water partition coefficient (Wildman–Crippen LogP) is 0.426. The normalized spacial score (nSPS) is 24.6. The molecule has 0 radical (unpaired) electrons. The largest absolute Gasteiger partial charge is 0.380 e. The number of halogens is 2. The van der Waals surface area contributed by atoms with E-state index in [4.69, 9.17) is 4.74 Å². The maximum atomic E-state index is 11.8. The Balaban J connectivity index is 2.60. The van der Waals surface area contributed by atoms with Crippen LogP contribution in [0.5, 0.6) is 0 Å². The third-order valence-corrected chi connectivity index (χ3v) is 1.72. The number of rotatable bonds is 2. The van der Waals surface area contributed by atoms with E-state index in [2.05, 4.69) is 0 Å². The number of alkyl halides is 2.